The van der Waals surface area contributed by atoms with Crippen LogP contribution in [0.3, 0.4) is 0 Å². The largest absolute Gasteiger partial charge is 0.495 e. The van der Waals surface area contributed by atoms with Crippen LogP contribution in [0.25, 0.3) is 0 Å². The summed E-state index contributed by atoms with van der Waals surface area (Å²) in [5.41, 5.74) is 0.528. The van der Waals surface area contributed by atoms with Crippen LogP contribution in [-0.2, 0) is 10.0 Å². The first-order valence-electron chi connectivity index (χ1n) is 7.16. The second-order valence-corrected chi connectivity index (χ2v) is 7.38. The van der Waals surface area contributed by atoms with Crippen molar-refractivity contribution in [2.45, 2.75) is 24.2 Å². The van der Waals surface area contributed by atoms with E-state index < -0.39 is 10.0 Å². The van der Waals surface area contributed by atoms with E-state index in [9.17, 15) is 8.42 Å². The second-order valence-electron chi connectivity index (χ2n) is 5.03. The van der Waals surface area contributed by atoms with Crippen molar-refractivity contribution in [2.24, 2.45) is 0 Å². The first kappa shape index (κ1) is 17.0. The van der Waals surface area contributed by atoms with Crippen LogP contribution in [0.15, 0.2) is 23.1 Å². The Hall–Kier alpha value is -1.38. The summed E-state index contributed by atoms with van der Waals surface area (Å²) in [5, 5.41) is 6.12. The highest BCUT2D eigenvalue weighted by atomic mass is 32.2. The molecule has 1 aliphatic heterocycles. The number of anilines is 1. The zero-order chi connectivity index (χ0) is 16.2. The Balaban J connectivity index is 2.34. The SMILES string of the molecule is CNC(=S)Nc1cc(S(=O)(=O)N2CCCCC2)ccc1OC. The van der Waals surface area contributed by atoms with Crippen molar-refractivity contribution >= 4 is 33.0 Å². The molecule has 0 bridgehead atoms. The molecule has 6 nitrogen and oxygen atoms in total. The minimum Gasteiger partial charge on any atom is -0.495 e. The number of nitrogens with one attached hydrogen (secondary N) is 2. The van der Waals surface area contributed by atoms with Crippen molar-refractivity contribution < 1.29 is 13.2 Å². The highest BCUT2D eigenvalue weighted by Crippen LogP contribution is 2.29. The third-order valence-corrected chi connectivity index (χ3v) is 5.80. The molecule has 1 fully saturated rings. The predicted octanol–water partition coefficient (Wildman–Crippen LogP) is 1.79. The molecule has 2 rings (SSSR count). The Morgan fingerprint density at radius 3 is 2.55 bits per heavy atom. The fourth-order valence-corrected chi connectivity index (χ4v) is 4.04. The van der Waals surface area contributed by atoms with Gasteiger partial charge in [-0.2, -0.15) is 4.31 Å². The van der Waals surface area contributed by atoms with Crippen LogP contribution in [0, 0.1) is 0 Å². The molecule has 22 heavy (non-hydrogen) atoms. The minimum absolute atomic E-state index is 0.247. The van der Waals surface area contributed by atoms with Crippen LogP contribution in [0.5, 0.6) is 5.75 Å². The fourth-order valence-electron chi connectivity index (χ4n) is 2.38. The summed E-state index contributed by atoms with van der Waals surface area (Å²) in [4.78, 5) is 0.247. The Labute approximate surface area is 136 Å². The van der Waals surface area contributed by atoms with Crippen molar-refractivity contribution in [2.75, 3.05) is 32.6 Å². The van der Waals surface area contributed by atoms with Crippen molar-refractivity contribution in [3.05, 3.63) is 18.2 Å². The molecule has 0 saturated carbocycles. The normalized spacial score (nSPS) is 16.1. The molecule has 0 radical (unpaired) electrons. The molecule has 0 unspecified atom stereocenters. The number of sulfonamides is 1. The van der Waals surface area contributed by atoms with E-state index in [1.165, 1.54) is 7.11 Å². The van der Waals surface area contributed by atoms with E-state index in [0.717, 1.165) is 19.3 Å². The molecular weight excluding hydrogens is 322 g/mol. The molecule has 0 aromatic heterocycles. The van der Waals surface area contributed by atoms with Gasteiger partial charge in [0.1, 0.15) is 5.75 Å². The number of rotatable bonds is 4. The molecular formula is C14H21N3O3S2. The molecule has 2 N–H and O–H groups in total. The van der Waals surface area contributed by atoms with Gasteiger partial charge >= 0.3 is 0 Å². The molecule has 1 aliphatic rings. The number of thiocarbonyl (C=S) groups is 1. The van der Waals surface area contributed by atoms with E-state index in [2.05, 4.69) is 10.6 Å². The summed E-state index contributed by atoms with van der Waals surface area (Å²) in [6.07, 6.45) is 2.90. The lowest BCUT2D eigenvalue weighted by Gasteiger charge is -2.26. The van der Waals surface area contributed by atoms with Gasteiger partial charge < -0.3 is 15.4 Å². The lowest BCUT2D eigenvalue weighted by molar-refractivity contribution is 0.346. The van der Waals surface area contributed by atoms with Gasteiger partial charge in [0.25, 0.3) is 0 Å². The van der Waals surface area contributed by atoms with Gasteiger partial charge in [0.15, 0.2) is 5.11 Å². The third-order valence-electron chi connectivity index (χ3n) is 3.60. The molecule has 1 aromatic rings. The maximum absolute atomic E-state index is 12.7. The molecule has 122 valence electrons. The van der Waals surface area contributed by atoms with Crippen LogP contribution < -0.4 is 15.4 Å². The Bertz CT molecular complexity index is 641. The maximum Gasteiger partial charge on any atom is 0.243 e. The van der Waals surface area contributed by atoms with E-state index in [-0.39, 0.29) is 4.90 Å². The molecule has 1 heterocycles. The van der Waals surface area contributed by atoms with Crippen LogP contribution >= 0.6 is 12.2 Å². The standard InChI is InChI=1S/C14H21N3O3S2/c1-15-14(21)16-12-10-11(6-7-13(12)20-2)22(18,19)17-8-4-3-5-9-17/h6-7,10H,3-5,8-9H2,1-2H3,(H2,15,16,21). The van der Waals surface area contributed by atoms with Gasteiger partial charge in [0.05, 0.1) is 17.7 Å². The molecule has 0 amide bonds. The maximum atomic E-state index is 12.7. The molecule has 0 atom stereocenters. The smallest absolute Gasteiger partial charge is 0.243 e. The molecule has 0 aliphatic carbocycles. The lowest BCUT2D eigenvalue weighted by Crippen LogP contribution is -2.35. The van der Waals surface area contributed by atoms with Crippen LogP contribution in [0.2, 0.25) is 0 Å². The van der Waals surface area contributed by atoms with Gasteiger partial charge in [0.2, 0.25) is 10.0 Å². The summed E-state index contributed by atoms with van der Waals surface area (Å²) < 4.78 is 32.2. The van der Waals surface area contributed by atoms with Crippen LogP contribution in [0.1, 0.15) is 19.3 Å². The van der Waals surface area contributed by atoms with Crippen LogP contribution in [0.4, 0.5) is 5.69 Å². The van der Waals surface area contributed by atoms with E-state index in [4.69, 9.17) is 17.0 Å². The number of piperidine rings is 1. The van der Waals surface area contributed by atoms with Gasteiger partial charge in [-0.25, -0.2) is 8.42 Å². The molecule has 1 saturated heterocycles. The van der Waals surface area contributed by atoms with Crippen LogP contribution in [-0.4, -0.2) is 45.1 Å². The van der Waals surface area contributed by atoms with E-state index in [1.807, 2.05) is 0 Å². The Morgan fingerprint density at radius 1 is 1.27 bits per heavy atom. The zero-order valence-corrected chi connectivity index (χ0v) is 14.4. The topological polar surface area (TPSA) is 70.7 Å². The van der Waals surface area contributed by atoms with Gasteiger partial charge in [-0.3, -0.25) is 0 Å². The zero-order valence-electron chi connectivity index (χ0n) is 12.8. The number of hydrogen-bond acceptors (Lipinski definition) is 4. The number of nitrogens with zero attached hydrogens (tertiary/aromatic N) is 1. The predicted molar refractivity (Wildman–Crippen MR) is 90.9 cm³/mol. The average molecular weight is 343 g/mol. The van der Waals surface area contributed by atoms with Crippen molar-refractivity contribution in [1.82, 2.24) is 9.62 Å². The first-order chi connectivity index (χ1) is 10.5. The van der Waals surface area contributed by atoms with E-state index >= 15 is 0 Å². The fraction of sp³-hybridized carbons (Fsp3) is 0.500. The first-order valence-corrected chi connectivity index (χ1v) is 9.01. The highest BCUT2D eigenvalue weighted by Gasteiger charge is 2.26. The summed E-state index contributed by atoms with van der Waals surface area (Å²) >= 11 is 5.07. The number of ether oxygens (including phenoxy) is 1. The summed E-state index contributed by atoms with van der Waals surface area (Å²) in [5.74, 6) is 0.537. The quantitative estimate of drug-likeness (QED) is 0.812. The van der Waals surface area contributed by atoms with Gasteiger partial charge in [-0.1, -0.05) is 6.42 Å². The summed E-state index contributed by atoms with van der Waals surface area (Å²) in [7, 11) is -0.258. The van der Waals surface area contributed by atoms with Gasteiger partial charge in [-0.15, -0.1) is 0 Å². The number of methoxy groups -OCH3 is 1. The molecule has 0 spiro atoms. The summed E-state index contributed by atoms with van der Waals surface area (Å²) in [6, 6.07) is 4.76. The third kappa shape index (κ3) is 3.68. The number of hydrogen-bond donors (Lipinski definition) is 2. The van der Waals surface area contributed by atoms with E-state index in [1.54, 1.807) is 29.6 Å². The minimum atomic E-state index is -3.48. The lowest BCUT2D eigenvalue weighted by atomic mass is 10.2. The highest BCUT2D eigenvalue weighted by molar-refractivity contribution is 7.89. The molecule has 1 aromatic carbocycles. The number of benzene rings is 1. The van der Waals surface area contributed by atoms with Crippen molar-refractivity contribution in [1.29, 1.82) is 0 Å². The Morgan fingerprint density at radius 2 is 1.95 bits per heavy atom. The van der Waals surface area contributed by atoms with E-state index in [0.29, 0.717) is 29.6 Å². The van der Waals surface area contributed by atoms with Gasteiger partial charge in [-0.05, 0) is 43.3 Å². The monoisotopic (exact) mass is 343 g/mol. The summed E-state index contributed by atoms with van der Waals surface area (Å²) in [6.45, 7) is 1.15. The second kappa shape index (κ2) is 7.26. The van der Waals surface area contributed by atoms with Crippen molar-refractivity contribution in [3.63, 3.8) is 0 Å². The molecule has 8 heteroatoms. The van der Waals surface area contributed by atoms with Gasteiger partial charge in [0, 0.05) is 20.1 Å². The average Bonchev–Trinajstić information content (AvgIpc) is 2.55. The Kier molecular flexibility index (Phi) is 5.60. The van der Waals surface area contributed by atoms with Crippen molar-refractivity contribution in [3.8, 4) is 5.75 Å².